The molecule has 0 heterocycles. The second kappa shape index (κ2) is 7.89. The first kappa shape index (κ1) is 12.7. The SMILES string of the molecule is C=C(C)CCOCCCCCNC1CC1. The van der Waals surface area contributed by atoms with Gasteiger partial charge >= 0.3 is 0 Å². The second-order valence-electron chi connectivity index (χ2n) is 4.61. The van der Waals surface area contributed by atoms with E-state index in [0.717, 1.165) is 25.7 Å². The van der Waals surface area contributed by atoms with Crippen molar-refractivity contribution in [1.29, 1.82) is 0 Å². The molecule has 88 valence electrons. The number of hydrogen-bond acceptors (Lipinski definition) is 2. The maximum absolute atomic E-state index is 5.50. The molecule has 0 atom stereocenters. The molecule has 15 heavy (non-hydrogen) atoms. The molecule has 0 saturated heterocycles. The normalized spacial score (nSPS) is 15.5. The minimum Gasteiger partial charge on any atom is -0.381 e. The Morgan fingerprint density at radius 3 is 2.73 bits per heavy atom. The molecule has 2 nitrogen and oxygen atoms in total. The van der Waals surface area contributed by atoms with Crippen molar-refractivity contribution < 1.29 is 4.74 Å². The van der Waals surface area contributed by atoms with Gasteiger partial charge in [0.2, 0.25) is 0 Å². The standard InChI is InChI=1S/C13H25NO/c1-12(2)8-11-15-10-5-3-4-9-14-13-6-7-13/h13-14H,1,3-11H2,2H3. The van der Waals surface area contributed by atoms with Crippen molar-refractivity contribution in [2.45, 2.75) is 51.5 Å². The molecule has 0 aromatic heterocycles. The van der Waals surface area contributed by atoms with Crippen molar-refractivity contribution in [2.75, 3.05) is 19.8 Å². The van der Waals surface area contributed by atoms with Gasteiger partial charge in [-0.2, -0.15) is 0 Å². The molecule has 1 fully saturated rings. The Morgan fingerprint density at radius 2 is 2.07 bits per heavy atom. The van der Waals surface area contributed by atoms with Crippen LogP contribution in [0.3, 0.4) is 0 Å². The molecule has 0 aromatic rings. The molecule has 0 aliphatic heterocycles. The van der Waals surface area contributed by atoms with Crippen LogP contribution in [0.1, 0.15) is 45.4 Å². The quantitative estimate of drug-likeness (QED) is 0.443. The lowest BCUT2D eigenvalue weighted by atomic mass is 10.2. The Bertz CT molecular complexity index is 175. The van der Waals surface area contributed by atoms with Crippen LogP contribution in [0.25, 0.3) is 0 Å². The summed E-state index contributed by atoms with van der Waals surface area (Å²) in [4.78, 5) is 0. The van der Waals surface area contributed by atoms with Crippen molar-refractivity contribution in [3.05, 3.63) is 12.2 Å². The average molecular weight is 211 g/mol. The molecular weight excluding hydrogens is 186 g/mol. The first-order chi connectivity index (χ1) is 7.29. The van der Waals surface area contributed by atoms with Crippen LogP contribution in [-0.4, -0.2) is 25.8 Å². The summed E-state index contributed by atoms with van der Waals surface area (Å²) >= 11 is 0. The number of hydrogen-bond donors (Lipinski definition) is 1. The molecule has 0 aromatic carbocycles. The Hall–Kier alpha value is -0.340. The van der Waals surface area contributed by atoms with E-state index in [1.807, 2.05) is 6.92 Å². The predicted molar refractivity (Wildman–Crippen MR) is 65.1 cm³/mol. The van der Waals surface area contributed by atoms with Gasteiger partial charge in [0.05, 0.1) is 6.61 Å². The molecule has 0 amide bonds. The number of unbranched alkanes of at least 4 members (excludes halogenated alkanes) is 2. The Labute approximate surface area is 94.1 Å². The van der Waals surface area contributed by atoms with Crippen molar-refractivity contribution in [1.82, 2.24) is 5.32 Å². The lowest BCUT2D eigenvalue weighted by Gasteiger charge is -2.04. The van der Waals surface area contributed by atoms with Crippen LogP contribution in [0.2, 0.25) is 0 Å². The van der Waals surface area contributed by atoms with Crippen LogP contribution in [0.5, 0.6) is 0 Å². The fraction of sp³-hybridized carbons (Fsp3) is 0.846. The highest BCUT2D eigenvalue weighted by atomic mass is 16.5. The smallest absolute Gasteiger partial charge is 0.0502 e. The Balaban J connectivity index is 1.67. The second-order valence-corrected chi connectivity index (χ2v) is 4.61. The van der Waals surface area contributed by atoms with Crippen LogP contribution in [-0.2, 0) is 4.74 Å². The van der Waals surface area contributed by atoms with Gasteiger partial charge in [-0.3, -0.25) is 0 Å². The van der Waals surface area contributed by atoms with Crippen molar-refractivity contribution in [3.63, 3.8) is 0 Å². The summed E-state index contributed by atoms with van der Waals surface area (Å²) in [6, 6.07) is 0.858. The maximum Gasteiger partial charge on any atom is 0.0502 e. The van der Waals surface area contributed by atoms with Crippen molar-refractivity contribution >= 4 is 0 Å². The van der Waals surface area contributed by atoms with Crippen LogP contribution in [0.4, 0.5) is 0 Å². The average Bonchev–Trinajstić information content (AvgIpc) is 2.98. The van der Waals surface area contributed by atoms with Gasteiger partial charge in [0, 0.05) is 12.6 Å². The summed E-state index contributed by atoms with van der Waals surface area (Å²) < 4.78 is 5.50. The first-order valence-electron chi connectivity index (χ1n) is 6.24. The zero-order chi connectivity index (χ0) is 10.9. The lowest BCUT2D eigenvalue weighted by Crippen LogP contribution is -2.17. The van der Waals surface area contributed by atoms with E-state index in [-0.39, 0.29) is 0 Å². The third kappa shape index (κ3) is 8.64. The molecule has 2 heteroatoms. The molecule has 1 aliphatic rings. The molecule has 1 aliphatic carbocycles. The molecular formula is C13H25NO. The third-order valence-corrected chi connectivity index (χ3v) is 2.65. The van der Waals surface area contributed by atoms with Gasteiger partial charge in [-0.1, -0.05) is 5.57 Å². The van der Waals surface area contributed by atoms with E-state index in [1.165, 1.54) is 44.2 Å². The van der Waals surface area contributed by atoms with Crippen molar-refractivity contribution in [3.8, 4) is 0 Å². The summed E-state index contributed by atoms with van der Waals surface area (Å²) in [5, 5.41) is 3.52. The van der Waals surface area contributed by atoms with Crippen LogP contribution < -0.4 is 5.32 Å². The summed E-state index contributed by atoms with van der Waals surface area (Å²) in [6.45, 7) is 8.84. The minimum atomic E-state index is 0.843. The largest absolute Gasteiger partial charge is 0.381 e. The van der Waals surface area contributed by atoms with E-state index < -0.39 is 0 Å². The summed E-state index contributed by atoms with van der Waals surface area (Å²) in [7, 11) is 0. The van der Waals surface area contributed by atoms with Gasteiger partial charge < -0.3 is 10.1 Å². The monoisotopic (exact) mass is 211 g/mol. The first-order valence-corrected chi connectivity index (χ1v) is 6.24. The van der Waals surface area contributed by atoms with Gasteiger partial charge in [-0.25, -0.2) is 0 Å². The van der Waals surface area contributed by atoms with Gasteiger partial charge in [0.15, 0.2) is 0 Å². The van der Waals surface area contributed by atoms with Crippen LogP contribution in [0.15, 0.2) is 12.2 Å². The molecule has 1 saturated carbocycles. The highest BCUT2D eigenvalue weighted by Crippen LogP contribution is 2.18. The number of rotatable bonds is 10. The van der Waals surface area contributed by atoms with E-state index in [4.69, 9.17) is 4.74 Å². The number of ether oxygens (including phenoxy) is 1. The van der Waals surface area contributed by atoms with Gasteiger partial charge in [0.1, 0.15) is 0 Å². The zero-order valence-electron chi connectivity index (χ0n) is 10.1. The molecule has 0 bridgehead atoms. The van der Waals surface area contributed by atoms with E-state index >= 15 is 0 Å². The van der Waals surface area contributed by atoms with Gasteiger partial charge in [-0.05, 0) is 52.0 Å². The summed E-state index contributed by atoms with van der Waals surface area (Å²) in [5.74, 6) is 0. The van der Waals surface area contributed by atoms with E-state index in [1.54, 1.807) is 0 Å². The summed E-state index contributed by atoms with van der Waals surface area (Å²) in [5.41, 5.74) is 1.21. The van der Waals surface area contributed by atoms with E-state index in [2.05, 4.69) is 11.9 Å². The number of nitrogens with one attached hydrogen (secondary N) is 1. The Morgan fingerprint density at radius 1 is 1.27 bits per heavy atom. The molecule has 1 rings (SSSR count). The summed E-state index contributed by atoms with van der Waals surface area (Å²) in [6.07, 6.45) is 7.56. The van der Waals surface area contributed by atoms with Crippen LogP contribution >= 0.6 is 0 Å². The maximum atomic E-state index is 5.50. The predicted octanol–water partition coefficient (Wildman–Crippen LogP) is 2.89. The Kier molecular flexibility index (Phi) is 6.69. The van der Waals surface area contributed by atoms with E-state index in [0.29, 0.717) is 0 Å². The fourth-order valence-electron chi connectivity index (χ4n) is 1.45. The molecule has 1 N–H and O–H groups in total. The van der Waals surface area contributed by atoms with Crippen molar-refractivity contribution in [2.24, 2.45) is 0 Å². The zero-order valence-corrected chi connectivity index (χ0v) is 10.1. The highest BCUT2D eigenvalue weighted by molar-refractivity contribution is 4.87. The minimum absolute atomic E-state index is 0.843. The van der Waals surface area contributed by atoms with Crippen LogP contribution in [0, 0.1) is 0 Å². The fourth-order valence-corrected chi connectivity index (χ4v) is 1.45. The third-order valence-electron chi connectivity index (χ3n) is 2.65. The molecule has 0 radical (unpaired) electrons. The van der Waals surface area contributed by atoms with Gasteiger partial charge in [0.25, 0.3) is 0 Å². The molecule has 0 spiro atoms. The van der Waals surface area contributed by atoms with Gasteiger partial charge in [-0.15, -0.1) is 6.58 Å². The van der Waals surface area contributed by atoms with E-state index in [9.17, 15) is 0 Å². The topological polar surface area (TPSA) is 21.3 Å². The lowest BCUT2D eigenvalue weighted by molar-refractivity contribution is 0.133. The highest BCUT2D eigenvalue weighted by Gasteiger charge is 2.19. The molecule has 0 unspecified atom stereocenters.